The molecule has 0 bridgehead atoms. The Labute approximate surface area is 154 Å². The normalized spacial score (nSPS) is 19.2. The molecule has 1 fully saturated rings. The molecule has 0 spiro atoms. The molecule has 2 aromatic rings. The number of benzene rings is 1. The second-order valence-corrected chi connectivity index (χ2v) is 9.81. The fourth-order valence-electron chi connectivity index (χ4n) is 3.25. The zero-order valence-electron chi connectivity index (χ0n) is 14.5. The van der Waals surface area contributed by atoms with Gasteiger partial charge in [-0.2, -0.15) is 0 Å². The highest BCUT2D eigenvalue weighted by molar-refractivity contribution is 7.88. The summed E-state index contributed by atoms with van der Waals surface area (Å²) in [7, 11) is -3.28. The summed E-state index contributed by atoms with van der Waals surface area (Å²) in [6, 6.07) is 9.32. The lowest BCUT2D eigenvalue weighted by Gasteiger charge is -2.32. The molecule has 1 aromatic carbocycles. The van der Waals surface area contributed by atoms with E-state index in [1.54, 1.807) is 11.3 Å². The number of likely N-dealkylation sites (tertiary alicyclic amines) is 1. The van der Waals surface area contributed by atoms with Gasteiger partial charge in [-0.15, -0.1) is 11.3 Å². The van der Waals surface area contributed by atoms with Crippen LogP contribution in [0.5, 0.6) is 0 Å². The van der Waals surface area contributed by atoms with Gasteiger partial charge in [0.25, 0.3) is 0 Å². The highest BCUT2D eigenvalue weighted by Gasteiger charge is 2.22. The van der Waals surface area contributed by atoms with Crippen LogP contribution in [0, 0.1) is 12.8 Å². The first-order valence-corrected chi connectivity index (χ1v) is 11.1. The van der Waals surface area contributed by atoms with Crippen LogP contribution >= 0.6 is 11.3 Å². The van der Waals surface area contributed by atoms with Crippen LogP contribution < -0.4 is 4.72 Å². The molecule has 25 heavy (non-hydrogen) atoms. The van der Waals surface area contributed by atoms with Crippen LogP contribution in [-0.4, -0.2) is 37.9 Å². The number of thiazole rings is 1. The molecule has 1 unspecified atom stereocenters. The van der Waals surface area contributed by atoms with Crippen molar-refractivity contribution >= 4 is 21.4 Å². The van der Waals surface area contributed by atoms with E-state index in [4.69, 9.17) is 0 Å². The Bertz CT molecular complexity index is 775. The van der Waals surface area contributed by atoms with E-state index in [2.05, 4.69) is 14.6 Å². The van der Waals surface area contributed by atoms with Crippen LogP contribution in [0.3, 0.4) is 0 Å². The summed E-state index contributed by atoms with van der Waals surface area (Å²) in [6.45, 7) is 5.47. The molecule has 136 valence electrons. The first-order valence-electron chi connectivity index (χ1n) is 8.65. The lowest BCUT2D eigenvalue weighted by Crippen LogP contribution is -2.40. The molecule has 1 aromatic heterocycles. The Morgan fingerprint density at radius 1 is 1.32 bits per heavy atom. The lowest BCUT2D eigenvalue weighted by molar-refractivity contribution is 0.170. The molecule has 5 nitrogen and oxygen atoms in total. The molecule has 1 atom stereocenters. The van der Waals surface area contributed by atoms with Crippen molar-refractivity contribution < 1.29 is 8.42 Å². The Morgan fingerprint density at radius 2 is 2.12 bits per heavy atom. The van der Waals surface area contributed by atoms with Gasteiger partial charge >= 0.3 is 0 Å². The van der Waals surface area contributed by atoms with E-state index in [9.17, 15) is 8.42 Å². The molecule has 1 aliphatic rings. The van der Waals surface area contributed by atoms with E-state index < -0.39 is 10.0 Å². The zero-order valence-corrected chi connectivity index (χ0v) is 16.2. The van der Waals surface area contributed by atoms with Crippen molar-refractivity contribution in [3.8, 4) is 0 Å². The minimum absolute atomic E-state index is 0.0460. The summed E-state index contributed by atoms with van der Waals surface area (Å²) >= 11 is 1.74. The van der Waals surface area contributed by atoms with Gasteiger partial charge in [-0.05, 0) is 37.8 Å². The lowest BCUT2D eigenvalue weighted by atomic mass is 9.98. The SMILES string of the molecule is Cc1ncc(CN2CCCC(CNS(=O)(=O)Cc3ccccc3)C2)s1. The number of sulfonamides is 1. The summed E-state index contributed by atoms with van der Waals surface area (Å²) in [5, 5.41) is 1.09. The van der Waals surface area contributed by atoms with Crippen molar-refractivity contribution in [2.75, 3.05) is 19.6 Å². The van der Waals surface area contributed by atoms with Crippen molar-refractivity contribution in [2.45, 2.75) is 32.1 Å². The minimum Gasteiger partial charge on any atom is -0.298 e. The van der Waals surface area contributed by atoms with Gasteiger partial charge in [0, 0.05) is 30.7 Å². The predicted molar refractivity (Wildman–Crippen MR) is 102 cm³/mol. The number of nitrogens with one attached hydrogen (secondary N) is 1. The van der Waals surface area contributed by atoms with Crippen molar-refractivity contribution in [1.82, 2.24) is 14.6 Å². The van der Waals surface area contributed by atoms with E-state index in [1.807, 2.05) is 43.5 Å². The number of piperidine rings is 1. The van der Waals surface area contributed by atoms with Crippen molar-refractivity contribution in [3.63, 3.8) is 0 Å². The van der Waals surface area contributed by atoms with Gasteiger partial charge in [-0.25, -0.2) is 18.1 Å². The molecule has 3 rings (SSSR count). The number of aryl methyl sites for hydroxylation is 1. The van der Waals surface area contributed by atoms with Crippen molar-refractivity contribution in [3.05, 3.63) is 52.0 Å². The van der Waals surface area contributed by atoms with Gasteiger partial charge in [-0.3, -0.25) is 4.90 Å². The monoisotopic (exact) mass is 379 g/mol. The molecular formula is C18H25N3O2S2. The molecular weight excluding hydrogens is 354 g/mol. The van der Waals surface area contributed by atoms with Gasteiger partial charge in [0.2, 0.25) is 10.0 Å². The van der Waals surface area contributed by atoms with Crippen LogP contribution in [0.4, 0.5) is 0 Å². The third kappa shape index (κ3) is 5.88. The summed E-state index contributed by atoms with van der Waals surface area (Å²) < 4.78 is 27.4. The Kier molecular flexibility index (Phi) is 6.22. The van der Waals surface area contributed by atoms with E-state index in [0.717, 1.165) is 43.0 Å². The molecule has 7 heteroatoms. The molecule has 1 aliphatic heterocycles. The molecule has 0 aliphatic carbocycles. The van der Waals surface area contributed by atoms with Crippen LogP contribution in [0.25, 0.3) is 0 Å². The number of rotatable bonds is 7. The van der Waals surface area contributed by atoms with Gasteiger partial charge in [0.15, 0.2) is 0 Å². The summed E-state index contributed by atoms with van der Waals surface area (Å²) in [4.78, 5) is 8.00. The van der Waals surface area contributed by atoms with Gasteiger partial charge in [0.1, 0.15) is 0 Å². The smallest absolute Gasteiger partial charge is 0.215 e. The third-order valence-electron chi connectivity index (χ3n) is 4.44. The Morgan fingerprint density at radius 3 is 2.84 bits per heavy atom. The maximum atomic E-state index is 12.3. The predicted octanol–water partition coefficient (Wildman–Crippen LogP) is 2.78. The van der Waals surface area contributed by atoms with Crippen molar-refractivity contribution in [2.24, 2.45) is 5.92 Å². The molecule has 0 amide bonds. The highest BCUT2D eigenvalue weighted by atomic mass is 32.2. The summed E-state index contributed by atoms with van der Waals surface area (Å²) in [5.74, 6) is 0.415. The fourth-order valence-corrected chi connectivity index (χ4v) is 5.31. The Balaban J connectivity index is 1.49. The average molecular weight is 380 g/mol. The maximum absolute atomic E-state index is 12.3. The molecule has 2 heterocycles. The molecule has 0 saturated carbocycles. The second kappa shape index (κ2) is 8.40. The highest BCUT2D eigenvalue weighted by Crippen LogP contribution is 2.21. The largest absolute Gasteiger partial charge is 0.298 e. The summed E-state index contributed by atoms with van der Waals surface area (Å²) in [6.07, 6.45) is 4.14. The van der Waals surface area contributed by atoms with Gasteiger partial charge in [0.05, 0.1) is 10.8 Å². The maximum Gasteiger partial charge on any atom is 0.215 e. The van der Waals surface area contributed by atoms with Gasteiger partial charge in [-0.1, -0.05) is 30.3 Å². The second-order valence-electron chi connectivity index (χ2n) is 6.68. The van der Waals surface area contributed by atoms with Crippen molar-refractivity contribution in [1.29, 1.82) is 0 Å². The number of nitrogens with zero attached hydrogens (tertiary/aromatic N) is 2. The molecule has 1 saturated heterocycles. The van der Waals surface area contributed by atoms with Gasteiger partial charge < -0.3 is 0 Å². The van der Waals surface area contributed by atoms with Crippen LogP contribution in [0.15, 0.2) is 36.5 Å². The standard InChI is InChI=1S/C18H25N3O2S2/c1-15-19-11-18(24-15)13-21-9-5-8-17(12-21)10-20-25(22,23)14-16-6-3-2-4-7-16/h2-4,6-7,11,17,20H,5,8-10,12-14H2,1H3. The average Bonchev–Trinajstić information content (AvgIpc) is 2.99. The van der Waals surface area contributed by atoms with Crippen LogP contribution in [0.1, 0.15) is 28.3 Å². The molecule has 1 N–H and O–H groups in total. The van der Waals surface area contributed by atoms with E-state index in [1.165, 1.54) is 4.88 Å². The van der Waals surface area contributed by atoms with E-state index >= 15 is 0 Å². The van der Waals surface area contributed by atoms with Crippen LogP contribution in [-0.2, 0) is 22.3 Å². The first-order chi connectivity index (χ1) is 12.0. The quantitative estimate of drug-likeness (QED) is 0.803. The van der Waals surface area contributed by atoms with E-state index in [0.29, 0.717) is 12.5 Å². The summed E-state index contributed by atoms with van der Waals surface area (Å²) in [5.41, 5.74) is 0.820. The first kappa shape index (κ1) is 18.5. The van der Waals surface area contributed by atoms with E-state index in [-0.39, 0.29) is 5.75 Å². The third-order valence-corrected chi connectivity index (χ3v) is 6.66. The number of hydrogen-bond donors (Lipinski definition) is 1. The number of hydrogen-bond acceptors (Lipinski definition) is 5. The zero-order chi connectivity index (χ0) is 17.7. The fraction of sp³-hybridized carbons (Fsp3) is 0.500. The van der Waals surface area contributed by atoms with Crippen LogP contribution in [0.2, 0.25) is 0 Å². The minimum atomic E-state index is -3.28. The topological polar surface area (TPSA) is 62.3 Å². The number of aromatic nitrogens is 1. The molecule has 0 radical (unpaired) electrons. The Hall–Kier alpha value is -1.28.